The predicted molar refractivity (Wildman–Crippen MR) is 123 cm³/mol. The van der Waals surface area contributed by atoms with E-state index in [4.69, 9.17) is 9.47 Å². The molecule has 0 aliphatic carbocycles. The molecule has 0 radical (unpaired) electrons. The molecule has 0 spiro atoms. The van der Waals surface area contributed by atoms with Crippen LogP contribution in [0.15, 0.2) is 42.5 Å². The van der Waals surface area contributed by atoms with Crippen molar-refractivity contribution in [1.29, 1.82) is 0 Å². The van der Waals surface area contributed by atoms with E-state index in [9.17, 15) is 13.2 Å². The number of rotatable bonds is 12. The molecule has 8 heteroatoms. The van der Waals surface area contributed by atoms with E-state index in [-0.39, 0.29) is 18.9 Å². The van der Waals surface area contributed by atoms with Gasteiger partial charge in [-0.2, -0.15) is 0 Å². The van der Waals surface area contributed by atoms with Crippen molar-refractivity contribution in [3.63, 3.8) is 0 Å². The standard InChI is InChI=1S/C23H32N2O5S/c1-5-19-9-6-8-18(2)23(19)25(31(4,27)28)16-7-10-22(26)24-15-17-30-21-13-11-20(29-3)12-14-21/h6,8-9,11-14H,5,7,10,15-17H2,1-4H3,(H,24,26). The van der Waals surface area contributed by atoms with Crippen LogP contribution in [0.2, 0.25) is 0 Å². The number of methoxy groups -OCH3 is 1. The Morgan fingerprint density at radius 1 is 1.10 bits per heavy atom. The number of aryl methyl sites for hydroxylation is 2. The number of amides is 1. The molecule has 0 fully saturated rings. The van der Waals surface area contributed by atoms with Gasteiger partial charge in [-0.3, -0.25) is 9.10 Å². The Morgan fingerprint density at radius 2 is 1.77 bits per heavy atom. The number of hydrogen-bond donors (Lipinski definition) is 1. The normalized spacial score (nSPS) is 11.1. The summed E-state index contributed by atoms with van der Waals surface area (Å²) in [7, 11) is -1.85. The quantitative estimate of drug-likeness (QED) is 0.504. The van der Waals surface area contributed by atoms with Gasteiger partial charge in [-0.25, -0.2) is 8.42 Å². The van der Waals surface area contributed by atoms with Crippen molar-refractivity contribution in [2.24, 2.45) is 0 Å². The smallest absolute Gasteiger partial charge is 0.232 e. The molecular formula is C23H32N2O5S. The van der Waals surface area contributed by atoms with Crippen molar-refractivity contribution in [3.05, 3.63) is 53.6 Å². The monoisotopic (exact) mass is 448 g/mol. The Bertz CT molecular complexity index is 958. The summed E-state index contributed by atoms with van der Waals surface area (Å²) in [5.41, 5.74) is 2.61. The second kappa shape index (κ2) is 11.6. The minimum absolute atomic E-state index is 0.132. The van der Waals surface area contributed by atoms with Crippen LogP contribution in [0.25, 0.3) is 0 Å². The lowest BCUT2D eigenvalue weighted by Crippen LogP contribution is -2.34. The molecule has 31 heavy (non-hydrogen) atoms. The number of benzene rings is 2. The fraction of sp³-hybridized carbons (Fsp3) is 0.435. The minimum Gasteiger partial charge on any atom is -0.497 e. The van der Waals surface area contributed by atoms with E-state index in [0.29, 0.717) is 25.3 Å². The lowest BCUT2D eigenvalue weighted by atomic mass is 10.1. The molecule has 2 aromatic rings. The third kappa shape index (κ3) is 7.47. The summed E-state index contributed by atoms with van der Waals surface area (Å²) in [6.07, 6.45) is 2.60. The van der Waals surface area contributed by atoms with E-state index in [0.717, 1.165) is 29.0 Å². The fourth-order valence-corrected chi connectivity index (χ4v) is 4.36. The van der Waals surface area contributed by atoms with Crippen LogP contribution >= 0.6 is 0 Å². The maximum Gasteiger partial charge on any atom is 0.232 e. The van der Waals surface area contributed by atoms with Gasteiger partial charge in [-0.15, -0.1) is 0 Å². The summed E-state index contributed by atoms with van der Waals surface area (Å²) in [4.78, 5) is 12.1. The molecule has 0 unspecified atom stereocenters. The number of carbonyl (C=O) groups excluding carboxylic acids is 1. The third-order valence-electron chi connectivity index (χ3n) is 4.87. The number of carbonyl (C=O) groups is 1. The van der Waals surface area contributed by atoms with Crippen LogP contribution < -0.4 is 19.1 Å². The second-order valence-corrected chi connectivity index (χ2v) is 9.16. The van der Waals surface area contributed by atoms with Gasteiger partial charge in [0.1, 0.15) is 18.1 Å². The van der Waals surface area contributed by atoms with E-state index in [2.05, 4.69) is 5.32 Å². The number of nitrogens with zero attached hydrogens (tertiary/aromatic N) is 1. The number of nitrogens with one attached hydrogen (secondary N) is 1. The summed E-state index contributed by atoms with van der Waals surface area (Å²) < 4.78 is 36.9. The maximum absolute atomic E-state index is 12.4. The number of ether oxygens (including phenoxy) is 2. The lowest BCUT2D eigenvalue weighted by Gasteiger charge is -2.26. The molecule has 0 saturated heterocycles. The topological polar surface area (TPSA) is 84.9 Å². The highest BCUT2D eigenvalue weighted by Crippen LogP contribution is 2.28. The summed E-state index contributed by atoms with van der Waals surface area (Å²) in [6.45, 7) is 4.88. The van der Waals surface area contributed by atoms with Gasteiger partial charge in [-0.1, -0.05) is 25.1 Å². The van der Waals surface area contributed by atoms with E-state index >= 15 is 0 Å². The molecule has 0 atom stereocenters. The Morgan fingerprint density at radius 3 is 2.39 bits per heavy atom. The van der Waals surface area contributed by atoms with Crippen molar-refractivity contribution >= 4 is 21.6 Å². The molecule has 170 valence electrons. The molecular weight excluding hydrogens is 416 g/mol. The van der Waals surface area contributed by atoms with Crippen LogP contribution in [0.1, 0.15) is 30.9 Å². The largest absolute Gasteiger partial charge is 0.497 e. The van der Waals surface area contributed by atoms with Crippen molar-refractivity contribution in [1.82, 2.24) is 5.32 Å². The van der Waals surface area contributed by atoms with Crippen LogP contribution in [0, 0.1) is 6.92 Å². The molecule has 0 bridgehead atoms. The van der Waals surface area contributed by atoms with Crippen molar-refractivity contribution in [2.45, 2.75) is 33.1 Å². The van der Waals surface area contributed by atoms with Crippen LogP contribution in [0.3, 0.4) is 0 Å². The van der Waals surface area contributed by atoms with Crippen molar-refractivity contribution in [3.8, 4) is 11.5 Å². The number of para-hydroxylation sites is 1. The van der Waals surface area contributed by atoms with Gasteiger partial charge in [0.2, 0.25) is 15.9 Å². The molecule has 1 amide bonds. The highest BCUT2D eigenvalue weighted by atomic mass is 32.2. The van der Waals surface area contributed by atoms with Gasteiger partial charge >= 0.3 is 0 Å². The average molecular weight is 449 g/mol. The maximum atomic E-state index is 12.4. The first-order valence-electron chi connectivity index (χ1n) is 10.4. The molecule has 2 rings (SSSR count). The first kappa shape index (κ1) is 24.5. The first-order chi connectivity index (χ1) is 14.8. The van der Waals surface area contributed by atoms with Crippen molar-refractivity contribution < 1.29 is 22.7 Å². The van der Waals surface area contributed by atoms with E-state index in [1.807, 2.05) is 32.0 Å². The van der Waals surface area contributed by atoms with Crippen LogP contribution in [-0.4, -0.2) is 47.4 Å². The third-order valence-corrected chi connectivity index (χ3v) is 6.04. The zero-order valence-electron chi connectivity index (χ0n) is 18.7. The highest BCUT2D eigenvalue weighted by Gasteiger charge is 2.21. The highest BCUT2D eigenvalue weighted by molar-refractivity contribution is 7.92. The van der Waals surface area contributed by atoms with Crippen LogP contribution in [0.4, 0.5) is 5.69 Å². The van der Waals surface area contributed by atoms with Gasteiger partial charge in [0.05, 0.1) is 25.6 Å². The van der Waals surface area contributed by atoms with Gasteiger partial charge in [0.25, 0.3) is 0 Å². The van der Waals surface area contributed by atoms with Crippen LogP contribution in [0.5, 0.6) is 11.5 Å². The fourth-order valence-electron chi connectivity index (χ4n) is 3.31. The molecule has 0 aromatic heterocycles. The van der Waals surface area contributed by atoms with Crippen molar-refractivity contribution in [2.75, 3.05) is 37.4 Å². The summed E-state index contributed by atoms with van der Waals surface area (Å²) >= 11 is 0. The zero-order chi connectivity index (χ0) is 22.9. The lowest BCUT2D eigenvalue weighted by molar-refractivity contribution is -0.121. The molecule has 1 N–H and O–H groups in total. The van der Waals surface area contributed by atoms with E-state index in [1.54, 1.807) is 31.4 Å². The second-order valence-electron chi connectivity index (χ2n) is 7.25. The van der Waals surface area contributed by atoms with E-state index in [1.165, 1.54) is 10.6 Å². The molecule has 0 heterocycles. The molecule has 0 aliphatic heterocycles. The Hall–Kier alpha value is -2.74. The average Bonchev–Trinajstić information content (AvgIpc) is 2.74. The number of sulfonamides is 1. The summed E-state index contributed by atoms with van der Waals surface area (Å²) in [6, 6.07) is 13.0. The Kier molecular flexibility index (Phi) is 9.18. The molecule has 0 saturated carbocycles. The number of anilines is 1. The molecule has 0 aliphatic rings. The van der Waals surface area contributed by atoms with Gasteiger partial charge in [0, 0.05) is 13.0 Å². The van der Waals surface area contributed by atoms with Crippen LogP contribution in [-0.2, 0) is 21.2 Å². The summed E-state index contributed by atoms with van der Waals surface area (Å²) in [5.74, 6) is 1.32. The molecule has 7 nitrogen and oxygen atoms in total. The van der Waals surface area contributed by atoms with Gasteiger partial charge in [0.15, 0.2) is 0 Å². The minimum atomic E-state index is -3.45. The van der Waals surface area contributed by atoms with Gasteiger partial charge < -0.3 is 14.8 Å². The summed E-state index contributed by atoms with van der Waals surface area (Å²) in [5, 5.41) is 2.81. The Labute approximate surface area is 185 Å². The zero-order valence-corrected chi connectivity index (χ0v) is 19.5. The first-order valence-corrected chi connectivity index (χ1v) is 12.2. The Balaban J connectivity index is 1.82. The number of hydrogen-bond acceptors (Lipinski definition) is 5. The molecule has 2 aromatic carbocycles. The SMILES string of the molecule is CCc1cccc(C)c1N(CCCC(=O)NCCOc1ccc(OC)cc1)S(C)(=O)=O. The van der Waals surface area contributed by atoms with E-state index < -0.39 is 10.0 Å². The van der Waals surface area contributed by atoms with Gasteiger partial charge in [-0.05, 0) is 55.2 Å². The predicted octanol–water partition coefficient (Wildman–Crippen LogP) is 3.31.